The van der Waals surface area contributed by atoms with Crippen LogP contribution in [0.1, 0.15) is 37.0 Å². The first-order valence-corrected chi connectivity index (χ1v) is 13.7. The molecule has 0 aromatic heterocycles. The molecule has 0 fully saturated rings. The van der Waals surface area contributed by atoms with Crippen molar-refractivity contribution in [1.29, 1.82) is 0 Å². The van der Waals surface area contributed by atoms with Crippen molar-refractivity contribution in [3.63, 3.8) is 0 Å². The van der Waals surface area contributed by atoms with Crippen molar-refractivity contribution in [2.75, 3.05) is 6.61 Å². The number of aryl methyl sites for hydroxylation is 1. The molecule has 0 radical (unpaired) electrons. The second-order valence-electron chi connectivity index (χ2n) is 8.99. The van der Waals surface area contributed by atoms with Crippen LogP contribution in [0.2, 0.25) is 10.0 Å². The van der Waals surface area contributed by atoms with E-state index in [1.807, 2.05) is 63.2 Å². The largest absolute Gasteiger partial charge is 0.484 e. The molecule has 2 atom stereocenters. The number of amides is 2. The fourth-order valence-corrected chi connectivity index (χ4v) is 4.33. The average molecular weight is 606 g/mol. The van der Waals surface area contributed by atoms with Crippen LogP contribution >= 0.6 is 39.1 Å². The van der Waals surface area contributed by atoms with Crippen molar-refractivity contribution in [2.24, 2.45) is 0 Å². The Morgan fingerprint density at radius 3 is 2.38 bits per heavy atom. The maximum absolute atomic E-state index is 13.7. The van der Waals surface area contributed by atoms with Crippen molar-refractivity contribution >= 4 is 50.9 Å². The monoisotopic (exact) mass is 604 g/mol. The second-order valence-corrected chi connectivity index (χ2v) is 10.7. The lowest BCUT2D eigenvalue weighted by Gasteiger charge is -2.32. The van der Waals surface area contributed by atoms with Crippen molar-refractivity contribution in [2.45, 2.75) is 52.2 Å². The van der Waals surface area contributed by atoms with Crippen LogP contribution in [-0.4, -0.2) is 35.4 Å². The Balaban J connectivity index is 1.93. The van der Waals surface area contributed by atoms with Crippen molar-refractivity contribution in [1.82, 2.24) is 10.2 Å². The van der Waals surface area contributed by atoms with Crippen molar-refractivity contribution < 1.29 is 14.3 Å². The standard InChI is InChI=1S/C29H31BrCl2N2O3/c1-4-20(3)33-29(36)27(16-21-8-6-5-7-9-21)34(17-22-10-13-25(31)26(32)15-22)28(35)18-37-23-11-12-24(30)19(2)14-23/h5-15,20,27H,4,16-18H2,1-3H3,(H,33,36)/t20-,27-/m0/s1. The molecule has 1 N–H and O–H groups in total. The Hall–Kier alpha value is -2.54. The number of nitrogens with zero attached hydrogens (tertiary/aromatic N) is 1. The Bertz CT molecular complexity index is 1220. The number of halogens is 3. The van der Waals surface area contributed by atoms with E-state index in [0.29, 0.717) is 22.2 Å². The average Bonchev–Trinajstić information content (AvgIpc) is 2.89. The van der Waals surface area contributed by atoms with Gasteiger partial charge in [0.15, 0.2) is 6.61 Å². The molecule has 5 nitrogen and oxygen atoms in total. The van der Waals surface area contributed by atoms with Gasteiger partial charge in [0.1, 0.15) is 11.8 Å². The molecule has 196 valence electrons. The van der Waals surface area contributed by atoms with Gasteiger partial charge >= 0.3 is 0 Å². The number of hydrogen-bond acceptors (Lipinski definition) is 3. The third-order valence-corrected chi connectivity index (χ3v) is 7.73. The lowest BCUT2D eigenvalue weighted by atomic mass is 10.0. The van der Waals surface area contributed by atoms with Gasteiger partial charge in [-0.1, -0.05) is 82.5 Å². The van der Waals surface area contributed by atoms with E-state index in [1.165, 1.54) is 0 Å². The Morgan fingerprint density at radius 2 is 1.73 bits per heavy atom. The topological polar surface area (TPSA) is 58.6 Å². The van der Waals surface area contributed by atoms with Crippen LogP contribution < -0.4 is 10.1 Å². The fourth-order valence-electron chi connectivity index (χ4n) is 3.76. The van der Waals surface area contributed by atoms with Crippen LogP contribution in [0.3, 0.4) is 0 Å². The van der Waals surface area contributed by atoms with Crippen LogP contribution in [0, 0.1) is 6.92 Å². The van der Waals surface area contributed by atoms with Crippen LogP contribution in [0.15, 0.2) is 71.2 Å². The molecule has 0 unspecified atom stereocenters. The summed E-state index contributed by atoms with van der Waals surface area (Å²) in [7, 11) is 0. The zero-order chi connectivity index (χ0) is 26.9. The first kappa shape index (κ1) is 29.0. The number of ether oxygens (including phenoxy) is 1. The quantitative estimate of drug-likeness (QED) is 0.256. The molecule has 3 rings (SSSR count). The molecule has 0 aliphatic rings. The predicted molar refractivity (Wildman–Crippen MR) is 153 cm³/mol. The van der Waals surface area contributed by atoms with Gasteiger partial charge in [0.25, 0.3) is 5.91 Å². The summed E-state index contributed by atoms with van der Waals surface area (Å²) in [6.07, 6.45) is 1.13. The molecule has 0 aliphatic carbocycles. The van der Waals surface area contributed by atoms with E-state index in [1.54, 1.807) is 29.2 Å². The first-order chi connectivity index (χ1) is 17.7. The summed E-state index contributed by atoms with van der Waals surface area (Å²) >= 11 is 15.9. The van der Waals surface area contributed by atoms with E-state index in [4.69, 9.17) is 27.9 Å². The minimum atomic E-state index is -0.756. The minimum Gasteiger partial charge on any atom is -0.484 e. The van der Waals surface area contributed by atoms with Gasteiger partial charge in [0.05, 0.1) is 10.0 Å². The minimum absolute atomic E-state index is 0.0327. The van der Waals surface area contributed by atoms with Crippen LogP contribution in [0.5, 0.6) is 5.75 Å². The molecular weight excluding hydrogens is 575 g/mol. The van der Waals surface area contributed by atoms with E-state index < -0.39 is 6.04 Å². The van der Waals surface area contributed by atoms with E-state index in [2.05, 4.69) is 21.2 Å². The maximum atomic E-state index is 13.7. The lowest BCUT2D eigenvalue weighted by Crippen LogP contribution is -2.53. The SMILES string of the molecule is CC[C@H](C)NC(=O)[C@H](Cc1ccccc1)N(Cc1ccc(Cl)c(Cl)c1)C(=O)COc1ccc(Br)c(C)c1. The summed E-state index contributed by atoms with van der Waals surface area (Å²) in [4.78, 5) is 28.8. The number of rotatable bonds is 11. The zero-order valence-corrected chi connectivity index (χ0v) is 24.2. The summed E-state index contributed by atoms with van der Waals surface area (Å²) in [5.74, 6) is 0.0465. The predicted octanol–water partition coefficient (Wildman–Crippen LogP) is 7.00. The number of carbonyl (C=O) groups excluding carboxylic acids is 2. The third-order valence-electron chi connectivity index (χ3n) is 6.10. The van der Waals surface area contributed by atoms with E-state index in [9.17, 15) is 9.59 Å². The van der Waals surface area contributed by atoms with Gasteiger partial charge in [0, 0.05) is 23.5 Å². The molecule has 0 heterocycles. The van der Waals surface area contributed by atoms with E-state index >= 15 is 0 Å². The van der Waals surface area contributed by atoms with Gasteiger partial charge in [-0.25, -0.2) is 0 Å². The molecule has 0 aliphatic heterocycles. The Kier molecular flexibility index (Phi) is 10.9. The molecule has 3 aromatic carbocycles. The molecule has 2 amide bonds. The van der Waals surface area contributed by atoms with Gasteiger partial charge in [-0.2, -0.15) is 0 Å². The molecule has 37 heavy (non-hydrogen) atoms. The summed E-state index contributed by atoms with van der Waals surface area (Å²) in [5, 5.41) is 3.86. The molecule has 0 spiro atoms. The van der Waals surface area contributed by atoms with Gasteiger partial charge in [-0.05, 0) is 67.3 Å². The van der Waals surface area contributed by atoms with Crippen LogP contribution in [-0.2, 0) is 22.6 Å². The Morgan fingerprint density at radius 1 is 1.00 bits per heavy atom. The number of benzene rings is 3. The lowest BCUT2D eigenvalue weighted by molar-refractivity contribution is -0.143. The summed E-state index contributed by atoms with van der Waals surface area (Å²) in [6, 6.07) is 19.6. The molecular formula is C29H31BrCl2N2O3. The highest BCUT2D eigenvalue weighted by Gasteiger charge is 2.31. The van der Waals surface area contributed by atoms with Gasteiger partial charge < -0.3 is 15.0 Å². The first-order valence-electron chi connectivity index (χ1n) is 12.1. The molecule has 0 saturated heterocycles. The molecule has 0 saturated carbocycles. The van der Waals surface area contributed by atoms with Crippen molar-refractivity contribution in [3.8, 4) is 5.75 Å². The highest BCUT2D eigenvalue weighted by molar-refractivity contribution is 9.10. The van der Waals surface area contributed by atoms with Crippen LogP contribution in [0.4, 0.5) is 0 Å². The van der Waals surface area contributed by atoms with E-state index in [0.717, 1.165) is 27.6 Å². The fraction of sp³-hybridized carbons (Fsp3) is 0.310. The molecule has 3 aromatic rings. The summed E-state index contributed by atoms with van der Waals surface area (Å²) in [5.41, 5.74) is 2.70. The molecule has 8 heteroatoms. The Labute approximate surface area is 237 Å². The number of carbonyl (C=O) groups is 2. The van der Waals surface area contributed by atoms with Gasteiger partial charge in [-0.3, -0.25) is 9.59 Å². The zero-order valence-electron chi connectivity index (χ0n) is 21.1. The highest BCUT2D eigenvalue weighted by Crippen LogP contribution is 2.25. The molecule has 0 bridgehead atoms. The van der Waals surface area contributed by atoms with E-state index in [-0.39, 0.29) is 31.0 Å². The second kappa shape index (κ2) is 13.8. The third kappa shape index (κ3) is 8.49. The van der Waals surface area contributed by atoms with Crippen molar-refractivity contribution in [3.05, 3.63) is 97.9 Å². The van der Waals surface area contributed by atoms with Crippen LogP contribution in [0.25, 0.3) is 0 Å². The van der Waals surface area contributed by atoms with Gasteiger partial charge in [-0.15, -0.1) is 0 Å². The number of nitrogens with one attached hydrogen (secondary N) is 1. The maximum Gasteiger partial charge on any atom is 0.261 e. The summed E-state index contributed by atoms with van der Waals surface area (Å²) in [6.45, 7) is 5.85. The highest BCUT2D eigenvalue weighted by atomic mass is 79.9. The number of hydrogen-bond donors (Lipinski definition) is 1. The van der Waals surface area contributed by atoms with Gasteiger partial charge in [0.2, 0.25) is 5.91 Å². The smallest absolute Gasteiger partial charge is 0.261 e. The normalized spacial score (nSPS) is 12.5. The summed E-state index contributed by atoms with van der Waals surface area (Å²) < 4.78 is 6.81.